The van der Waals surface area contributed by atoms with Crippen molar-refractivity contribution in [2.45, 2.75) is 57.1 Å². The Morgan fingerprint density at radius 2 is 1.94 bits per heavy atom. The highest BCUT2D eigenvalue weighted by Crippen LogP contribution is 2.17. The lowest BCUT2D eigenvalue weighted by Crippen LogP contribution is -2.42. The standard InChI is InChI=1S/C13H24N2O2/c16-13(15-11-5-2-1-3-6-11)10-14-9-12-7-4-8-17-12/h11-12,14H,1-10H2,(H,15,16)/t12-/m0/s1. The number of hydrogen-bond donors (Lipinski definition) is 2. The summed E-state index contributed by atoms with van der Waals surface area (Å²) in [5, 5.41) is 6.28. The van der Waals surface area contributed by atoms with E-state index in [4.69, 9.17) is 4.74 Å². The first-order chi connectivity index (χ1) is 8.34. The van der Waals surface area contributed by atoms with Crippen molar-refractivity contribution in [3.8, 4) is 0 Å². The predicted octanol–water partition coefficient (Wildman–Crippen LogP) is 1.20. The molecule has 0 aromatic heterocycles. The fraction of sp³-hybridized carbons (Fsp3) is 0.923. The molecule has 0 aromatic rings. The van der Waals surface area contributed by atoms with Gasteiger partial charge in [-0.3, -0.25) is 4.79 Å². The van der Waals surface area contributed by atoms with Crippen molar-refractivity contribution in [1.82, 2.24) is 10.6 Å². The second-order valence-electron chi connectivity index (χ2n) is 5.17. The van der Waals surface area contributed by atoms with Gasteiger partial charge in [-0.15, -0.1) is 0 Å². The second kappa shape index (κ2) is 6.97. The lowest BCUT2D eigenvalue weighted by atomic mass is 9.95. The lowest BCUT2D eigenvalue weighted by molar-refractivity contribution is -0.121. The molecule has 1 aliphatic carbocycles. The van der Waals surface area contributed by atoms with Crippen molar-refractivity contribution >= 4 is 5.91 Å². The van der Waals surface area contributed by atoms with Crippen LogP contribution in [-0.2, 0) is 9.53 Å². The highest BCUT2D eigenvalue weighted by molar-refractivity contribution is 5.78. The summed E-state index contributed by atoms with van der Waals surface area (Å²) in [6, 6.07) is 0.417. The maximum absolute atomic E-state index is 11.7. The minimum atomic E-state index is 0.134. The zero-order chi connectivity index (χ0) is 11.9. The largest absolute Gasteiger partial charge is 0.377 e. The quantitative estimate of drug-likeness (QED) is 0.759. The van der Waals surface area contributed by atoms with Gasteiger partial charge < -0.3 is 15.4 Å². The van der Waals surface area contributed by atoms with E-state index in [0.29, 0.717) is 18.7 Å². The normalized spacial score (nSPS) is 26.0. The second-order valence-corrected chi connectivity index (χ2v) is 5.17. The summed E-state index contributed by atoms with van der Waals surface area (Å²) in [4.78, 5) is 11.7. The SMILES string of the molecule is O=C(CNC[C@@H]1CCCO1)NC1CCCCC1. The van der Waals surface area contributed by atoms with Crippen LogP contribution in [0.2, 0.25) is 0 Å². The summed E-state index contributed by atoms with van der Waals surface area (Å²) >= 11 is 0. The number of hydrogen-bond acceptors (Lipinski definition) is 3. The minimum Gasteiger partial charge on any atom is -0.377 e. The molecule has 4 nitrogen and oxygen atoms in total. The summed E-state index contributed by atoms with van der Waals surface area (Å²) in [5.74, 6) is 0.134. The van der Waals surface area contributed by atoms with Gasteiger partial charge in [0, 0.05) is 19.2 Å². The minimum absolute atomic E-state index is 0.134. The van der Waals surface area contributed by atoms with E-state index in [1.54, 1.807) is 0 Å². The molecule has 1 saturated heterocycles. The van der Waals surface area contributed by atoms with Crippen LogP contribution in [0.5, 0.6) is 0 Å². The molecular weight excluding hydrogens is 216 g/mol. The predicted molar refractivity (Wildman–Crippen MR) is 66.9 cm³/mol. The van der Waals surface area contributed by atoms with Gasteiger partial charge in [-0.1, -0.05) is 19.3 Å². The zero-order valence-electron chi connectivity index (χ0n) is 10.5. The number of nitrogens with one attached hydrogen (secondary N) is 2. The Bertz CT molecular complexity index is 234. The Labute approximate surface area is 103 Å². The van der Waals surface area contributed by atoms with Gasteiger partial charge in [0.2, 0.25) is 5.91 Å². The van der Waals surface area contributed by atoms with Crippen molar-refractivity contribution < 1.29 is 9.53 Å². The van der Waals surface area contributed by atoms with E-state index >= 15 is 0 Å². The summed E-state index contributed by atoms with van der Waals surface area (Å²) in [6.45, 7) is 2.11. The Hall–Kier alpha value is -0.610. The van der Waals surface area contributed by atoms with E-state index in [0.717, 1.165) is 38.8 Å². The van der Waals surface area contributed by atoms with Crippen LogP contribution >= 0.6 is 0 Å². The van der Waals surface area contributed by atoms with Crippen LogP contribution in [0, 0.1) is 0 Å². The van der Waals surface area contributed by atoms with Crippen molar-refractivity contribution in [2.75, 3.05) is 19.7 Å². The number of rotatable bonds is 5. The van der Waals surface area contributed by atoms with E-state index < -0.39 is 0 Å². The monoisotopic (exact) mass is 240 g/mol. The van der Waals surface area contributed by atoms with Crippen molar-refractivity contribution in [3.63, 3.8) is 0 Å². The van der Waals surface area contributed by atoms with Gasteiger partial charge in [0.25, 0.3) is 0 Å². The van der Waals surface area contributed by atoms with Crippen LogP contribution < -0.4 is 10.6 Å². The molecule has 2 aliphatic rings. The van der Waals surface area contributed by atoms with E-state index in [2.05, 4.69) is 10.6 Å². The Morgan fingerprint density at radius 3 is 2.65 bits per heavy atom. The molecule has 2 fully saturated rings. The van der Waals surface area contributed by atoms with Crippen molar-refractivity contribution in [3.05, 3.63) is 0 Å². The van der Waals surface area contributed by atoms with Gasteiger partial charge in [0.15, 0.2) is 0 Å². The Kier molecular flexibility index (Phi) is 5.26. The molecule has 0 unspecified atom stereocenters. The van der Waals surface area contributed by atoms with Crippen LogP contribution in [0.3, 0.4) is 0 Å². The van der Waals surface area contributed by atoms with Crippen LogP contribution in [0.4, 0.5) is 0 Å². The topological polar surface area (TPSA) is 50.4 Å². The van der Waals surface area contributed by atoms with Gasteiger partial charge in [0.05, 0.1) is 12.6 Å². The molecular formula is C13H24N2O2. The maximum Gasteiger partial charge on any atom is 0.234 e. The number of amides is 1. The molecule has 2 rings (SSSR count). The number of ether oxygens (including phenoxy) is 1. The lowest BCUT2D eigenvalue weighted by Gasteiger charge is -2.23. The number of carbonyl (C=O) groups is 1. The first-order valence-electron chi connectivity index (χ1n) is 6.96. The summed E-state index contributed by atoms with van der Waals surface area (Å²) in [7, 11) is 0. The summed E-state index contributed by atoms with van der Waals surface area (Å²) < 4.78 is 5.49. The third-order valence-electron chi connectivity index (χ3n) is 3.65. The van der Waals surface area contributed by atoms with E-state index in [9.17, 15) is 4.79 Å². The van der Waals surface area contributed by atoms with Crippen LogP contribution in [0.15, 0.2) is 0 Å². The third-order valence-corrected chi connectivity index (χ3v) is 3.65. The van der Waals surface area contributed by atoms with Gasteiger partial charge in [-0.2, -0.15) is 0 Å². The van der Waals surface area contributed by atoms with Crippen LogP contribution in [0.1, 0.15) is 44.9 Å². The molecule has 1 aliphatic heterocycles. The molecule has 17 heavy (non-hydrogen) atoms. The van der Waals surface area contributed by atoms with E-state index in [-0.39, 0.29) is 5.91 Å². The van der Waals surface area contributed by atoms with Gasteiger partial charge in [-0.05, 0) is 25.7 Å². The summed E-state index contributed by atoms with van der Waals surface area (Å²) in [6.07, 6.45) is 8.73. The highest BCUT2D eigenvalue weighted by atomic mass is 16.5. The van der Waals surface area contributed by atoms with Crippen LogP contribution in [-0.4, -0.2) is 37.7 Å². The van der Waals surface area contributed by atoms with Crippen molar-refractivity contribution in [1.29, 1.82) is 0 Å². The zero-order valence-corrected chi connectivity index (χ0v) is 10.5. The summed E-state index contributed by atoms with van der Waals surface area (Å²) in [5.41, 5.74) is 0. The molecule has 1 heterocycles. The molecule has 2 N–H and O–H groups in total. The first-order valence-corrected chi connectivity index (χ1v) is 6.96. The molecule has 0 radical (unpaired) electrons. The fourth-order valence-corrected chi connectivity index (χ4v) is 2.68. The maximum atomic E-state index is 11.7. The molecule has 1 amide bonds. The van der Waals surface area contributed by atoms with Crippen molar-refractivity contribution in [2.24, 2.45) is 0 Å². The Balaban J connectivity index is 1.53. The molecule has 1 atom stereocenters. The molecule has 4 heteroatoms. The third kappa shape index (κ3) is 4.64. The van der Waals surface area contributed by atoms with E-state index in [1.165, 1.54) is 19.3 Å². The van der Waals surface area contributed by atoms with Gasteiger partial charge in [-0.25, -0.2) is 0 Å². The number of carbonyl (C=O) groups excluding carboxylic acids is 1. The smallest absolute Gasteiger partial charge is 0.234 e. The van der Waals surface area contributed by atoms with Gasteiger partial charge >= 0.3 is 0 Å². The van der Waals surface area contributed by atoms with E-state index in [1.807, 2.05) is 0 Å². The molecule has 0 spiro atoms. The average molecular weight is 240 g/mol. The molecule has 1 saturated carbocycles. The fourth-order valence-electron chi connectivity index (χ4n) is 2.68. The van der Waals surface area contributed by atoms with Gasteiger partial charge in [0.1, 0.15) is 0 Å². The Morgan fingerprint density at radius 1 is 1.12 bits per heavy atom. The average Bonchev–Trinajstić information content (AvgIpc) is 2.83. The first kappa shape index (κ1) is 12.8. The van der Waals surface area contributed by atoms with Crippen LogP contribution in [0.25, 0.3) is 0 Å². The molecule has 0 bridgehead atoms. The highest BCUT2D eigenvalue weighted by Gasteiger charge is 2.17. The molecule has 98 valence electrons. The molecule has 0 aromatic carbocycles.